The minimum atomic E-state index is -0.401. The number of methoxy groups -OCH3 is 1. The fraction of sp³-hybridized carbons (Fsp3) is 0.375. The maximum atomic E-state index is 14.7. The van der Waals surface area contributed by atoms with Crippen molar-refractivity contribution in [2.45, 2.75) is 19.1 Å². The Kier molecular flexibility index (Phi) is 3.91. The molecule has 24 heavy (non-hydrogen) atoms. The lowest BCUT2D eigenvalue weighted by Gasteiger charge is -2.10. The van der Waals surface area contributed by atoms with Crippen molar-refractivity contribution in [2.24, 2.45) is 0 Å². The third kappa shape index (κ3) is 2.53. The summed E-state index contributed by atoms with van der Waals surface area (Å²) >= 11 is 0. The molecule has 0 radical (unpaired) electrons. The van der Waals surface area contributed by atoms with E-state index in [9.17, 15) is 4.39 Å². The normalized spacial score (nSPS) is 17.7. The zero-order chi connectivity index (χ0) is 16.5. The van der Waals surface area contributed by atoms with Crippen LogP contribution < -0.4 is 4.74 Å². The number of benzene rings is 1. The van der Waals surface area contributed by atoms with Gasteiger partial charge in [0.1, 0.15) is 17.6 Å². The summed E-state index contributed by atoms with van der Waals surface area (Å²) in [5.41, 5.74) is 1.73. The Hall–Kier alpha value is -2.45. The van der Waals surface area contributed by atoms with E-state index in [1.165, 1.54) is 13.2 Å². The van der Waals surface area contributed by atoms with Crippen molar-refractivity contribution >= 4 is 10.9 Å². The van der Waals surface area contributed by atoms with E-state index >= 15 is 0 Å². The Morgan fingerprint density at radius 3 is 3.17 bits per heavy atom. The number of nitrogens with one attached hydrogen (secondary N) is 1. The lowest BCUT2D eigenvalue weighted by atomic mass is 10.0. The molecule has 1 aliphatic rings. The van der Waals surface area contributed by atoms with Gasteiger partial charge < -0.3 is 14.2 Å². The Morgan fingerprint density at radius 2 is 2.38 bits per heavy atom. The SMILES string of the molecule is COCOc1cc(F)c(-c2cnn(C3CCCO3)c2)c2cn[nH]c12. The number of fused-ring (bicyclic) bond motifs is 1. The number of hydrogen-bond donors (Lipinski definition) is 1. The summed E-state index contributed by atoms with van der Waals surface area (Å²) in [7, 11) is 1.51. The number of aromatic nitrogens is 4. The van der Waals surface area contributed by atoms with Crippen LogP contribution in [0.4, 0.5) is 4.39 Å². The molecular formula is C16H17FN4O3. The van der Waals surface area contributed by atoms with Crippen molar-refractivity contribution in [3.8, 4) is 16.9 Å². The molecule has 0 saturated carbocycles. The average Bonchev–Trinajstić information content (AvgIpc) is 3.31. The first-order chi connectivity index (χ1) is 11.8. The third-order valence-electron chi connectivity index (χ3n) is 4.07. The first-order valence-electron chi connectivity index (χ1n) is 7.71. The first-order valence-corrected chi connectivity index (χ1v) is 7.71. The van der Waals surface area contributed by atoms with Crippen LogP contribution >= 0.6 is 0 Å². The molecule has 1 atom stereocenters. The van der Waals surface area contributed by atoms with E-state index in [1.54, 1.807) is 23.3 Å². The smallest absolute Gasteiger partial charge is 0.188 e. The van der Waals surface area contributed by atoms with Crippen molar-refractivity contribution in [3.63, 3.8) is 0 Å². The summed E-state index contributed by atoms with van der Waals surface area (Å²) in [5.74, 6) is -0.0426. The summed E-state index contributed by atoms with van der Waals surface area (Å²) < 4.78 is 32.4. The van der Waals surface area contributed by atoms with Gasteiger partial charge in [-0.25, -0.2) is 9.07 Å². The van der Waals surface area contributed by atoms with Gasteiger partial charge in [-0.05, 0) is 12.8 Å². The second-order valence-electron chi connectivity index (χ2n) is 5.62. The summed E-state index contributed by atoms with van der Waals surface area (Å²) in [4.78, 5) is 0. The number of rotatable bonds is 5. The molecule has 0 spiro atoms. The molecule has 0 amide bonds. The summed E-state index contributed by atoms with van der Waals surface area (Å²) in [6.45, 7) is 0.760. The number of hydrogen-bond acceptors (Lipinski definition) is 5. The molecule has 0 aliphatic carbocycles. The number of H-pyrrole nitrogens is 1. The van der Waals surface area contributed by atoms with Crippen LogP contribution in [-0.4, -0.2) is 40.5 Å². The molecule has 1 saturated heterocycles. The average molecular weight is 332 g/mol. The Bertz CT molecular complexity index is 854. The lowest BCUT2D eigenvalue weighted by Crippen LogP contribution is -2.06. The largest absolute Gasteiger partial charge is 0.465 e. The number of nitrogens with zero attached hydrogens (tertiary/aromatic N) is 3. The van der Waals surface area contributed by atoms with Crippen molar-refractivity contribution < 1.29 is 18.6 Å². The predicted molar refractivity (Wildman–Crippen MR) is 84.0 cm³/mol. The van der Waals surface area contributed by atoms with Crippen molar-refractivity contribution in [1.29, 1.82) is 0 Å². The second-order valence-corrected chi connectivity index (χ2v) is 5.62. The van der Waals surface area contributed by atoms with Gasteiger partial charge in [0.15, 0.2) is 12.5 Å². The number of ether oxygens (including phenoxy) is 3. The van der Waals surface area contributed by atoms with Crippen LogP contribution in [0.25, 0.3) is 22.0 Å². The molecule has 7 nitrogen and oxygen atoms in total. The highest BCUT2D eigenvalue weighted by Gasteiger charge is 2.21. The van der Waals surface area contributed by atoms with Crippen LogP contribution in [0.3, 0.4) is 0 Å². The number of halogens is 1. The summed E-state index contributed by atoms with van der Waals surface area (Å²) in [5, 5.41) is 11.8. The highest BCUT2D eigenvalue weighted by atomic mass is 19.1. The van der Waals surface area contributed by atoms with Gasteiger partial charge in [0.05, 0.1) is 12.4 Å². The van der Waals surface area contributed by atoms with Crippen LogP contribution in [0.15, 0.2) is 24.7 Å². The van der Waals surface area contributed by atoms with Crippen LogP contribution in [0.2, 0.25) is 0 Å². The standard InChI is InChI=1S/C16H17FN4O3/c1-22-9-24-13-5-12(17)15(11-7-18-20-16(11)13)10-6-19-21(8-10)14-3-2-4-23-14/h5-8,14H,2-4,9H2,1H3,(H,18,20). The summed E-state index contributed by atoms with van der Waals surface area (Å²) in [6, 6.07) is 1.33. The fourth-order valence-corrected chi connectivity index (χ4v) is 2.98. The maximum Gasteiger partial charge on any atom is 0.188 e. The molecule has 3 aromatic rings. The van der Waals surface area contributed by atoms with Gasteiger partial charge in [0, 0.05) is 42.5 Å². The van der Waals surface area contributed by atoms with Gasteiger partial charge >= 0.3 is 0 Å². The zero-order valence-corrected chi connectivity index (χ0v) is 13.2. The second kappa shape index (κ2) is 6.21. The Labute approximate surface area is 137 Å². The quantitative estimate of drug-likeness (QED) is 0.727. The monoisotopic (exact) mass is 332 g/mol. The van der Waals surface area contributed by atoms with E-state index in [4.69, 9.17) is 14.2 Å². The van der Waals surface area contributed by atoms with Gasteiger partial charge in [-0.15, -0.1) is 0 Å². The minimum absolute atomic E-state index is 0.0316. The Balaban J connectivity index is 1.76. The number of aromatic amines is 1. The first kappa shape index (κ1) is 15.1. The zero-order valence-electron chi connectivity index (χ0n) is 13.2. The van der Waals surface area contributed by atoms with Gasteiger partial charge in [0.2, 0.25) is 0 Å². The molecule has 126 valence electrons. The van der Waals surface area contributed by atoms with Crippen molar-refractivity contribution in [1.82, 2.24) is 20.0 Å². The van der Waals surface area contributed by atoms with Gasteiger partial charge in [-0.2, -0.15) is 10.2 Å². The highest BCUT2D eigenvalue weighted by molar-refractivity contribution is 5.97. The molecule has 1 N–H and O–H groups in total. The van der Waals surface area contributed by atoms with E-state index < -0.39 is 5.82 Å². The fourth-order valence-electron chi connectivity index (χ4n) is 2.98. The van der Waals surface area contributed by atoms with Crippen LogP contribution in [-0.2, 0) is 9.47 Å². The minimum Gasteiger partial charge on any atom is -0.465 e. The third-order valence-corrected chi connectivity index (χ3v) is 4.07. The molecule has 4 rings (SSSR count). The molecule has 1 unspecified atom stereocenters. The van der Waals surface area contributed by atoms with E-state index in [-0.39, 0.29) is 13.0 Å². The summed E-state index contributed by atoms with van der Waals surface area (Å²) in [6.07, 6.45) is 6.86. The molecule has 8 heteroatoms. The van der Waals surface area contributed by atoms with Gasteiger partial charge in [-0.3, -0.25) is 5.10 Å². The van der Waals surface area contributed by atoms with Crippen molar-refractivity contribution in [2.75, 3.05) is 20.5 Å². The van der Waals surface area contributed by atoms with Gasteiger partial charge in [-0.1, -0.05) is 0 Å². The van der Waals surface area contributed by atoms with E-state index in [2.05, 4.69) is 15.3 Å². The molecule has 3 heterocycles. The molecular weight excluding hydrogens is 315 g/mol. The van der Waals surface area contributed by atoms with Gasteiger partial charge in [0.25, 0.3) is 0 Å². The molecule has 1 fully saturated rings. The molecule has 1 aliphatic heterocycles. The van der Waals surface area contributed by atoms with Crippen molar-refractivity contribution in [3.05, 3.63) is 30.5 Å². The molecule has 2 aromatic heterocycles. The van der Waals surface area contributed by atoms with E-state index in [0.717, 1.165) is 19.4 Å². The van der Waals surface area contributed by atoms with E-state index in [1.807, 2.05) is 0 Å². The maximum absolute atomic E-state index is 14.7. The topological polar surface area (TPSA) is 74.2 Å². The predicted octanol–water partition coefficient (Wildman–Crippen LogP) is 2.86. The van der Waals surface area contributed by atoms with Crippen LogP contribution in [0, 0.1) is 5.82 Å². The molecule has 0 bridgehead atoms. The molecule has 1 aromatic carbocycles. The van der Waals surface area contributed by atoms with Crippen LogP contribution in [0.5, 0.6) is 5.75 Å². The van der Waals surface area contributed by atoms with E-state index in [0.29, 0.717) is 27.8 Å². The Morgan fingerprint density at radius 1 is 1.46 bits per heavy atom. The highest BCUT2D eigenvalue weighted by Crippen LogP contribution is 2.36. The van der Waals surface area contributed by atoms with Crippen LogP contribution in [0.1, 0.15) is 19.1 Å². The lowest BCUT2D eigenvalue weighted by molar-refractivity contribution is 0.0468.